The lowest BCUT2D eigenvalue weighted by molar-refractivity contribution is -0.143. The molecular weight excluding hydrogens is 407 g/mol. The highest BCUT2D eigenvalue weighted by Gasteiger charge is 2.34. The first-order valence-electron chi connectivity index (χ1n) is 10.2. The van der Waals surface area contributed by atoms with Crippen LogP contribution in [0.1, 0.15) is 24.0 Å². The highest BCUT2D eigenvalue weighted by Crippen LogP contribution is 2.19. The SMILES string of the molecule is CN1CCCN(C(=O)CC(N)Cc2cc(F)c(F)cc2F)C(Cc2ccccc2)C1=O. The highest BCUT2D eigenvalue weighted by molar-refractivity contribution is 5.88. The van der Waals surface area contributed by atoms with Crippen LogP contribution in [0.4, 0.5) is 13.2 Å². The van der Waals surface area contributed by atoms with Gasteiger partial charge >= 0.3 is 0 Å². The number of amides is 2. The molecule has 1 saturated heterocycles. The predicted molar refractivity (Wildman–Crippen MR) is 111 cm³/mol. The minimum atomic E-state index is -1.28. The second kappa shape index (κ2) is 9.96. The van der Waals surface area contributed by atoms with Crippen molar-refractivity contribution < 1.29 is 22.8 Å². The molecule has 0 aromatic heterocycles. The van der Waals surface area contributed by atoms with Crippen LogP contribution in [-0.4, -0.2) is 53.8 Å². The van der Waals surface area contributed by atoms with E-state index in [1.54, 1.807) is 16.8 Å². The van der Waals surface area contributed by atoms with Crippen LogP contribution in [0, 0.1) is 17.5 Å². The monoisotopic (exact) mass is 433 g/mol. The van der Waals surface area contributed by atoms with Crippen LogP contribution in [0.2, 0.25) is 0 Å². The Kier molecular flexibility index (Phi) is 7.33. The van der Waals surface area contributed by atoms with E-state index in [0.717, 1.165) is 11.6 Å². The van der Waals surface area contributed by atoms with E-state index in [2.05, 4.69) is 0 Å². The standard InChI is InChI=1S/C23H26F3N3O2/c1-28-8-5-9-29(21(23(28)31)10-15-6-3-2-4-7-15)22(30)13-17(27)11-16-12-19(25)20(26)14-18(16)24/h2-4,6-7,12,14,17,21H,5,8-11,13,27H2,1H3. The van der Waals surface area contributed by atoms with Gasteiger partial charge in [-0.15, -0.1) is 0 Å². The van der Waals surface area contributed by atoms with Crippen LogP contribution in [-0.2, 0) is 22.4 Å². The lowest BCUT2D eigenvalue weighted by Crippen LogP contribution is -2.50. The largest absolute Gasteiger partial charge is 0.344 e. The van der Waals surface area contributed by atoms with E-state index in [4.69, 9.17) is 5.73 Å². The van der Waals surface area contributed by atoms with Gasteiger partial charge in [-0.1, -0.05) is 30.3 Å². The number of likely N-dealkylation sites (N-methyl/N-ethyl adjacent to an activating group) is 1. The fraction of sp³-hybridized carbons (Fsp3) is 0.391. The number of hydrogen-bond donors (Lipinski definition) is 1. The maximum Gasteiger partial charge on any atom is 0.245 e. The summed E-state index contributed by atoms with van der Waals surface area (Å²) in [4.78, 5) is 29.2. The summed E-state index contributed by atoms with van der Waals surface area (Å²) in [5, 5.41) is 0. The number of rotatable bonds is 6. The molecule has 8 heteroatoms. The van der Waals surface area contributed by atoms with Gasteiger partial charge in [0, 0.05) is 45.1 Å². The van der Waals surface area contributed by atoms with Crippen LogP contribution in [0.15, 0.2) is 42.5 Å². The summed E-state index contributed by atoms with van der Waals surface area (Å²) in [5.41, 5.74) is 6.89. The molecule has 2 amide bonds. The van der Waals surface area contributed by atoms with Crippen molar-refractivity contribution in [2.24, 2.45) is 5.73 Å². The first kappa shape index (κ1) is 22.8. The summed E-state index contributed by atoms with van der Waals surface area (Å²) >= 11 is 0. The molecule has 31 heavy (non-hydrogen) atoms. The zero-order valence-electron chi connectivity index (χ0n) is 17.4. The third-order valence-electron chi connectivity index (χ3n) is 5.53. The van der Waals surface area contributed by atoms with E-state index in [9.17, 15) is 22.8 Å². The Morgan fingerprint density at radius 2 is 1.77 bits per heavy atom. The molecular formula is C23H26F3N3O2. The third-order valence-corrected chi connectivity index (χ3v) is 5.53. The number of halogens is 3. The van der Waals surface area contributed by atoms with E-state index in [0.29, 0.717) is 32.0 Å². The second-order valence-corrected chi connectivity index (χ2v) is 7.93. The van der Waals surface area contributed by atoms with Crippen LogP contribution in [0.25, 0.3) is 0 Å². The first-order valence-corrected chi connectivity index (χ1v) is 10.2. The summed E-state index contributed by atoms with van der Waals surface area (Å²) in [6.45, 7) is 0.943. The molecule has 2 N–H and O–H groups in total. The molecule has 166 valence electrons. The molecule has 2 aromatic rings. The van der Waals surface area contributed by atoms with Crippen LogP contribution in [0.3, 0.4) is 0 Å². The molecule has 0 saturated carbocycles. The first-order chi connectivity index (χ1) is 14.8. The van der Waals surface area contributed by atoms with Crippen LogP contribution < -0.4 is 5.73 Å². The molecule has 0 bridgehead atoms. The molecule has 0 radical (unpaired) electrons. The van der Waals surface area contributed by atoms with Crippen molar-refractivity contribution >= 4 is 11.8 Å². The second-order valence-electron chi connectivity index (χ2n) is 7.93. The van der Waals surface area contributed by atoms with Gasteiger partial charge in [0.05, 0.1) is 0 Å². The van der Waals surface area contributed by atoms with Gasteiger partial charge in [0.15, 0.2) is 11.6 Å². The summed E-state index contributed by atoms with van der Waals surface area (Å²) in [7, 11) is 1.71. The van der Waals surface area contributed by atoms with Gasteiger partial charge in [-0.05, 0) is 30.0 Å². The normalized spacial score (nSPS) is 18.1. The fourth-order valence-electron chi connectivity index (χ4n) is 3.88. The van der Waals surface area contributed by atoms with Gasteiger partial charge in [0.2, 0.25) is 11.8 Å². The quantitative estimate of drug-likeness (QED) is 0.713. The maximum absolute atomic E-state index is 13.9. The lowest BCUT2D eigenvalue weighted by atomic mass is 10.0. The molecule has 3 rings (SSSR count). The number of carbonyl (C=O) groups excluding carboxylic acids is 2. The predicted octanol–water partition coefficient (Wildman–Crippen LogP) is 2.67. The minimum Gasteiger partial charge on any atom is -0.344 e. The van der Waals surface area contributed by atoms with Crippen molar-refractivity contribution in [3.05, 3.63) is 71.0 Å². The van der Waals surface area contributed by atoms with E-state index in [1.807, 2.05) is 30.3 Å². The molecule has 1 aliphatic heterocycles. The van der Waals surface area contributed by atoms with Gasteiger partial charge < -0.3 is 15.5 Å². The number of benzene rings is 2. The molecule has 2 aromatic carbocycles. The van der Waals surface area contributed by atoms with Crippen LogP contribution >= 0.6 is 0 Å². The zero-order chi connectivity index (χ0) is 22.5. The van der Waals surface area contributed by atoms with Crippen molar-refractivity contribution in [2.45, 2.75) is 37.8 Å². The van der Waals surface area contributed by atoms with Crippen molar-refractivity contribution in [3.8, 4) is 0 Å². The van der Waals surface area contributed by atoms with Crippen LogP contribution in [0.5, 0.6) is 0 Å². The summed E-state index contributed by atoms with van der Waals surface area (Å²) in [5.74, 6) is -3.81. The van der Waals surface area contributed by atoms with Gasteiger partial charge in [0.1, 0.15) is 11.9 Å². The van der Waals surface area contributed by atoms with E-state index >= 15 is 0 Å². The van der Waals surface area contributed by atoms with Crippen molar-refractivity contribution in [2.75, 3.05) is 20.1 Å². The smallest absolute Gasteiger partial charge is 0.245 e. The number of hydrogen-bond acceptors (Lipinski definition) is 3. The molecule has 1 heterocycles. The average molecular weight is 433 g/mol. The van der Waals surface area contributed by atoms with Gasteiger partial charge in [-0.3, -0.25) is 9.59 Å². The Balaban J connectivity index is 1.74. The fourth-order valence-corrected chi connectivity index (χ4v) is 3.88. The van der Waals surface area contributed by atoms with Gasteiger partial charge in [-0.25, -0.2) is 13.2 Å². The Morgan fingerprint density at radius 3 is 2.48 bits per heavy atom. The van der Waals surface area contributed by atoms with Gasteiger partial charge in [-0.2, -0.15) is 0 Å². The molecule has 0 aliphatic carbocycles. The Hall–Kier alpha value is -2.87. The van der Waals surface area contributed by atoms with E-state index in [1.165, 1.54) is 0 Å². The van der Waals surface area contributed by atoms with Crippen molar-refractivity contribution in [3.63, 3.8) is 0 Å². The Labute approximate surface area is 179 Å². The van der Waals surface area contributed by atoms with Crippen molar-refractivity contribution in [1.29, 1.82) is 0 Å². The van der Waals surface area contributed by atoms with Crippen molar-refractivity contribution in [1.82, 2.24) is 9.80 Å². The molecule has 2 unspecified atom stereocenters. The third kappa shape index (κ3) is 5.64. The van der Waals surface area contributed by atoms with Gasteiger partial charge in [0.25, 0.3) is 0 Å². The average Bonchev–Trinajstić information content (AvgIpc) is 2.86. The van der Waals surface area contributed by atoms with E-state index < -0.39 is 29.5 Å². The molecule has 2 atom stereocenters. The summed E-state index contributed by atoms with van der Waals surface area (Å²) in [6, 6.07) is 9.20. The Morgan fingerprint density at radius 1 is 1.10 bits per heavy atom. The molecule has 0 spiro atoms. The number of carbonyl (C=O) groups is 2. The maximum atomic E-state index is 13.9. The minimum absolute atomic E-state index is 0.0910. The molecule has 1 fully saturated rings. The topological polar surface area (TPSA) is 66.6 Å². The molecule has 1 aliphatic rings. The summed E-state index contributed by atoms with van der Waals surface area (Å²) in [6.07, 6.45) is 0.746. The Bertz CT molecular complexity index is 939. The van der Waals surface area contributed by atoms with E-state index in [-0.39, 0.29) is 30.2 Å². The lowest BCUT2D eigenvalue weighted by Gasteiger charge is -2.31. The summed E-state index contributed by atoms with van der Waals surface area (Å²) < 4.78 is 40.5. The zero-order valence-corrected chi connectivity index (χ0v) is 17.4. The highest BCUT2D eigenvalue weighted by atomic mass is 19.2. The molecule has 5 nitrogen and oxygen atoms in total. The number of nitrogens with zero attached hydrogens (tertiary/aromatic N) is 2. The number of nitrogens with two attached hydrogens (primary N) is 1.